The van der Waals surface area contributed by atoms with Crippen LogP contribution in [0.5, 0.6) is 5.75 Å². The molecule has 0 saturated carbocycles. The molecule has 0 fully saturated rings. The Balaban J connectivity index is 0.00000408. The molecule has 9 heteroatoms. The standard InChI is InChI=1S/C24H22ClFN4O3.CH4/c1-30(2)23(27)14-4-8-18(20(26)10-14)24(32)29-21-9-7-17(33-3)12-19(21)22(31)11-16-6-5-15(25)13-28-16;/h4-10,12-13,27H,11H2,1-3H3,(H,29,32);1H4. The molecule has 0 bridgehead atoms. The van der Waals surface area contributed by atoms with Crippen molar-refractivity contribution in [1.29, 1.82) is 5.41 Å². The van der Waals surface area contributed by atoms with Gasteiger partial charge in [-0.05, 0) is 42.5 Å². The molecule has 2 aromatic carbocycles. The number of methoxy groups -OCH3 is 1. The molecular formula is C25H26ClFN4O3. The number of Topliss-reactive ketones (excluding diaryl/α,β-unsaturated/α-hetero) is 1. The predicted molar refractivity (Wildman–Crippen MR) is 132 cm³/mol. The van der Waals surface area contributed by atoms with Gasteiger partial charge in [-0.15, -0.1) is 0 Å². The van der Waals surface area contributed by atoms with Crippen molar-refractivity contribution >= 4 is 34.8 Å². The van der Waals surface area contributed by atoms with Gasteiger partial charge in [-0.3, -0.25) is 20.0 Å². The topological polar surface area (TPSA) is 95.4 Å². The van der Waals surface area contributed by atoms with E-state index in [-0.39, 0.29) is 42.3 Å². The van der Waals surface area contributed by atoms with Gasteiger partial charge in [-0.2, -0.15) is 0 Å². The number of hydrogen-bond donors (Lipinski definition) is 2. The second-order valence-corrected chi connectivity index (χ2v) is 7.81. The zero-order valence-corrected chi connectivity index (χ0v) is 19.0. The number of nitrogens with zero attached hydrogens (tertiary/aromatic N) is 2. The molecule has 178 valence electrons. The summed E-state index contributed by atoms with van der Waals surface area (Å²) in [6, 6.07) is 11.8. The first-order valence-electron chi connectivity index (χ1n) is 9.88. The van der Waals surface area contributed by atoms with Crippen molar-refractivity contribution in [2.75, 3.05) is 26.5 Å². The third-order valence-corrected chi connectivity index (χ3v) is 5.06. The summed E-state index contributed by atoms with van der Waals surface area (Å²) < 4.78 is 19.9. The van der Waals surface area contributed by atoms with Crippen LogP contribution < -0.4 is 10.1 Å². The number of benzene rings is 2. The Labute approximate surface area is 203 Å². The van der Waals surface area contributed by atoms with Crippen LogP contribution in [0.2, 0.25) is 5.02 Å². The summed E-state index contributed by atoms with van der Waals surface area (Å²) in [5, 5.41) is 11.0. The average Bonchev–Trinajstić information content (AvgIpc) is 2.79. The fourth-order valence-electron chi connectivity index (χ4n) is 3.06. The van der Waals surface area contributed by atoms with Crippen LogP contribution in [0.4, 0.5) is 10.1 Å². The first kappa shape index (κ1) is 26.5. The Morgan fingerprint density at radius 3 is 2.44 bits per heavy atom. The molecule has 1 amide bonds. The highest BCUT2D eigenvalue weighted by Gasteiger charge is 2.19. The minimum absolute atomic E-state index is 0. The minimum atomic E-state index is -0.775. The number of pyridine rings is 1. The number of nitrogens with one attached hydrogen (secondary N) is 2. The molecule has 7 nitrogen and oxygen atoms in total. The second kappa shape index (κ2) is 11.4. The SMILES string of the molecule is C.COc1ccc(NC(=O)c2ccc(C(=N)N(C)C)cc2F)c(C(=O)Cc2ccc(Cl)cn2)c1. The van der Waals surface area contributed by atoms with E-state index in [9.17, 15) is 14.0 Å². The summed E-state index contributed by atoms with van der Waals surface area (Å²) in [5.41, 5.74) is 1.05. The van der Waals surface area contributed by atoms with Crippen LogP contribution in [0.15, 0.2) is 54.7 Å². The Hall–Kier alpha value is -3.78. The molecule has 0 unspecified atom stereocenters. The number of halogens is 2. The monoisotopic (exact) mass is 484 g/mol. The van der Waals surface area contributed by atoms with E-state index in [1.54, 1.807) is 32.3 Å². The zero-order valence-electron chi connectivity index (χ0n) is 18.3. The van der Waals surface area contributed by atoms with Crippen molar-refractivity contribution in [3.8, 4) is 5.75 Å². The van der Waals surface area contributed by atoms with Gasteiger partial charge >= 0.3 is 0 Å². The first-order valence-corrected chi connectivity index (χ1v) is 10.3. The van der Waals surface area contributed by atoms with E-state index in [0.717, 1.165) is 6.07 Å². The first-order chi connectivity index (χ1) is 15.7. The maximum Gasteiger partial charge on any atom is 0.258 e. The Bertz CT molecular complexity index is 1210. The summed E-state index contributed by atoms with van der Waals surface area (Å²) in [5.74, 6) is -1.27. The van der Waals surface area contributed by atoms with E-state index in [1.807, 2.05) is 0 Å². The van der Waals surface area contributed by atoms with Crippen LogP contribution in [0, 0.1) is 11.2 Å². The summed E-state index contributed by atoms with van der Waals surface area (Å²) in [7, 11) is 4.80. The molecule has 1 aromatic heterocycles. The van der Waals surface area contributed by atoms with Crippen molar-refractivity contribution in [2.45, 2.75) is 13.8 Å². The van der Waals surface area contributed by atoms with Gasteiger partial charge in [0, 0.05) is 37.1 Å². The molecule has 0 aliphatic rings. The fraction of sp³-hybridized carbons (Fsp3) is 0.200. The smallest absolute Gasteiger partial charge is 0.258 e. The molecule has 0 saturated heterocycles. The van der Waals surface area contributed by atoms with E-state index in [2.05, 4.69) is 10.3 Å². The van der Waals surface area contributed by atoms with Gasteiger partial charge < -0.3 is 15.0 Å². The number of amidine groups is 1. The van der Waals surface area contributed by atoms with Gasteiger partial charge in [-0.25, -0.2) is 4.39 Å². The zero-order chi connectivity index (χ0) is 24.1. The highest BCUT2D eigenvalue weighted by molar-refractivity contribution is 6.30. The summed E-state index contributed by atoms with van der Waals surface area (Å²) in [4.78, 5) is 31.4. The number of aromatic nitrogens is 1. The second-order valence-electron chi connectivity index (χ2n) is 7.37. The summed E-state index contributed by atoms with van der Waals surface area (Å²) >= 11 is 5.84. The van der Waals surface area contributed by atoms with Crippen LogP contribution in [0.1, 0.15) is 39.4 Å². The maximum atomic E-state index is 14.6. The Morgan fingerprint density at radius 2 is 1.85 bits per heavy atom. The molecule has 0 aliphatic heterocycles. The van der Waals surface area contributed by atoms with Crippen LogP contribution in [-0.2, 0) is 6.42 Å². The normalized spacial score (nSPS) is 10.1. The van der Waals surface area contributed by atoms with Crippen molar-refractivity contribution in [2.24, 2.45) is 0 Å². The average molecular weight is 485 g/mol. The van der Waals surface area contributed by atoms with E-state index in [1.165, 1.54) is 42.5 Å². The highest BCUT2D eigenvalue weighted by atomic mass is 35.5. The number of amides is 1. The van der Waals surface area contributed by atoms with Gasteiger partial charge in [0.15, 0.2) is 5.78 Å². The molecule has 3 rings (SSSR count). The number of ketones is 1. The number of carbonyl (C=O) groups excluding carboxylic acids is 2. The number of rotatable bonds is 7. The molecule has 0 radical (unpaired) electrons. The Morgan fingerprint density at radius 1 is 1.12 bits per heavy atom. The van der Waals surface area contributed by atoms with Gasteiger partial charge in [-0.1, -0.05) is 25.1 Å². The van der Waals surface area contributed by atoms with Crippen LogP contribution in [-0.4, -0.2) is 48.6 Å². The minimum Gasteiger partial charge on any atom is -0.497 e. The van der Waals surface area contributed by atoms with Gasteiger partial charge in [0.2, 0.25) is 0 Å². The van der Waals surface area contributed by atoms with E-state index < -0.39 is 11.7 Å². The van der Waals surface area contributed by atoms with Crippen molar-refractivity contribution in [1.82, 2.24) is 9.88 Å². The molecule has 0 spiro atoms. The summed E-state index contributed by atoms with van der Waals surface area (Å²) in [6.07, 6.45) is 1.42. The van der Waals surface area contributed by atoms with Crippen LogP contribution in [0.3, 0.4) is 0 Å². The molecule has 1 heterocycles. The van der Waals surface area contributed by atoms with Crippen molar-refractivity contribution in [3.63, 3.8) is 0 Å². The van der Waals surface area contributed by atoms with Gasteiger partial charge in [0.25, 0.3) is 5.91 Å². The highest BCUT2D eigenvalue weighted by Crippen LogP contribution is 2.25. The van der Waals surface area contributed by atoms with Crippen LogP contribution >= 0.6 is 11.6 Å². The molecule has 0 aliphatic carbocycles. The van der Waals surface area contributed by atoms with E-state index >= 15 is 0 Å². The molecule has 2 N–H and O–H groups in total. The quantitative estimate of drug-likeness (QED) is 0.277. The molecule has 3 aromatic rings. The predicted octanol–water partition coefficient (Wildman–Crippen LogP) is 5.08. The number of hydrogen-bond acceptors (Lipinski definition) is 5. The lowest BCUT2D eigenvalue weighted by Gasteiger charge is -2.15. The molecular weight excluding hydrogens is 459 g/mol. The van der Waals surface area contributed by atoms with Gasteiger partial charge in [0.05, 0.1) is 29.8 Å². The molecule has 34 heavy (non-hydrogen) atoms. The lowest BCUT2D eigenvalue weighted by atomic mass is 10.0. The lowest BCUT2D eigenvalue weighted by molar-refractivity contribution is 0.0992. The number of anilines is 1. The maximum absolute atomic E-state index is 14.6. The van der Waals surface area contributed by atoms with E-state index in [4.69, 9.17) is 21.7 Å². The Kier molecular flexibility index (Phi) is 8.86. The van der Waals surface area contributed by atoms with E-state index in [0.29, 0.717) is 22.0 Å². The largest absolute Gasteiger partial charge is 0.497 e. The third kappa shape index (κ3) is 6.17. The van der Waals surface area contributed by atoms with Crippen molar-refractivity contribution in [3.05, 3.63) is 88.0 Å². The lowest BCUT2D eigenvalue weighted by Crippen LogP contribution is -2.22. The van der Waals surface area contributed by atoms with Crippen LogP contribution in [0.25, 0.3) is 0 Å². The number of carbonyl (C=O) groups is 2. The number of ether oxygens (including phenoxy) is 1. The fourth-order valence-corrected chi connectivity index (χ4v) is 3.17. The molecule has 0 atom stereocenters. The third-order valence-electron chi connectivity index (χ3n) is 4.84. The summed E-state index contributed by atoms with van der Waals surface area (Å²) in [6.45, 7) is 0. The van der Waals surface area contributed by atoms with Gasteiger partial charge in [0.1, 0.15) is 17.4 Å². The van der Waals surface area contributed by atoms with Crippen molar-refractivity contribution < 1.29 is 18.7 Å².